The van der Waals surface area contributed by atoms with Gasteiger partial charge in [-0.2, -0.15) is 4.31 Å². The average molecular weight is 309 g/mol. The number of ether oxygens (including phenoxy) is 3. The maximum Gasteiger partial charge on any atom is 0.306 e. The van der Waals surface area contributed by atoms with E-state index in [0.717, 1.165) is 0 Å². The number of carbonyl (C=O) groups is 1. The molecule has 0 bridgehead atoms. The molecule has 0 atom stereocenters. The summed E-state index contributed by atoms with van der Waals surface area (Å²) in [6, 6.07) is 0. The second-order valence-electron chi connectivity index (χ2n) is 4.57. The molecule has 1 rings (SSSR count). The number of esters is 1. The van der Waals surface area contributed by atoms with Crippen LogP contribution in [0.4, 0.5) is 0 Å². The van der Waals surface area contributed by atoms with E-state index >= 15 is 0 Å². The van der Waals surface area contributed by atoms with E-state index in [9.17, 15) is 13.2 Å². The molecule has 1 fully saturated rings. The normalized spacial score (nSPS) is 17.4. The zero-order valence-corrected chi connectivity index (χ0v) is 12.9. The molecule has 0 radical (unpaired) electrons. The summed E-state index contributed by atoms with van der Waals surface area (Å²) in [6.07, 6.45) is 1.02. The zero-order chi connectivity index (χ0) is 15.0. The fourth-order valence-corrected chi connectivity index (χ4v) is 3.95. The van der Waals surface area contributed by atoms with Crippen LogP contribution in [0.25, 0.3) is 0 Å². The molecule has 0 saturated carbocycles. The van der Waals surface area contributed by atoms with Crippen LogP contribution in [0.5, 0.6) is 0 Å². The Balaban J connectivity index is 2.70. The van der Waals surface area contributed by atoms with Crippen molar-refractivity contribution < 1.29 is 27.4 Å². The summed E-state index contributed by atoms with van der Waals surface area (Å²) in [6.45, 7) is 1.57. The van der Waals surface area contributed by atoms with Gasteiger partial charge in [-0.15, -0.1) is 0 Å². The molecule has 1 saturated heterocycles. The summed E-state index contributed by atoms with van der Waals surface area (Å²) in [5, 5.41) is -0.439. The fourth-order valence-electron chi connectivity index (χ4n) is 2.06. The lowest BCUT2D eigenvalue weighted by atomic mass is 10.2. The average Bonchev–Trinajstić information content (AvgIpc) is 2.47. The maximum absolute atomic E-state index is 12.6. The smallest absolute Gasteiger partial charge is 0.306 e. The molecule has 0 aromatic heterocycles. The third kappa shape index (κ3) is 5.01. The minimum absolute atomic E-state index is 0.0443. The minimum atomic E-state index is -3.43. The SMILES string of the molecule is COCCN(CCC(=O)OC)S(=O)(=O)C1CCOCC1. The van der Waals surface area contributed by atoms with Gasteiger partial charge < -0.3 is 14.2 Å². The zero-order valence-electron chi connectivity index (χ0n) is 12.0. The first kappa shape index (κ1) is 17.4. The van der Waals surface area contributed by atoms with Gasteiger partial charge in [0.15, 0.2) is 0 Å². The van der Waals surface area contributed by atoms with Crippen LogP contribution in [0.15, 0.2) is 0 Å². The van der Waals surface area contributed by atoms with Crippen LogP contribution in [0.3, 0.4) is 0 Å². The number of carbonyl (C=O) groups excluding carboxylic acids is 1. The van der Waals surface area contributed by atoms with E-state index in [-0.39, 0.29) is 19.5 Å². The van der Waals surface area contributed by atoms with Gasteiger partial charge in [0.1, 0.15) is 0 Å². The molecule has 8 heteroatoms. The van der Waals surface area contributed by atoms with Gasteiger partial charge in [0.25, 0.3) is 0 Å². The third-order valence-electron chi connectivity index (χ3n) is 3.29. The summed E-state index contributed by atoms with van der Waals surface area (Å²) in [5.74, 6) is -0.422. The van der Waals surface area contributed by atoms with E-state index in [0.29, 0.717) is 32.7 Å². The molecule has 0 aromatic carbocycles. The third-order valence-corrected chi connectivity index (χ3v) is 5.69. The maximum atomic E-state index is 12.6. The molecule has 0 unspecified atom stereocenters. The predicted molar refractivity (Wildman–Crippen MR) is 72.8 cm³/mol. The monoisotopic (exact) mass is 309 g/mol. The summed E-state index contributed by atoms with van der Waals surface area (Å²) < 4.78 is 41.1. The lowest BCUT2D eigenvalue weighted by molar-refractivity contribution is -0.140. The van der Waals surface area contributed by atoms with Gasteiger partial charge in [-0.1, -0.05) is 0 Å². The van der Waals surface area contributed by atoms with Gasteiger partial charge in [0.2, 0.25) is 10.0 Å². The van der Waals surface area contributed by atoms with E-state index in [1.807, 2.05) is 0 Å². The molecule has 0 N–H and O–H groups in total. The second-order valence-corrected chi connectivity index (χ2v) is 6.79. The highest BCUT2D eigenvalue weighted by Gasteiger charge is 2.33. The molecule has 0 amide bonds. The van der Waals surface area contributed by atoms with E-state index < -0.39 is 21.2 Å². The Kier molecular flexibility index (Phi) is 7.42. The van der Waals surface area contributed by atoms with Crippen LogP contribution in [0, 0.1) is 0 Å². The Morgan fingerprint density at radius 2 is 1.90 bits per heavy atom. The van der Waals surface area contributed by atoms with Crippen molar-refractivity contribution in [3.8, 4) is 0 Å². The highest BCUT2D eigenvalue weighted by atomic mass is 32.2. The molecule has 0 spiro atoms. The topological polar surface area (TPSA) is 82.1 Å². The van der Waals surface area contributed by atoms with Crippen LogP contribution in [0.1, 0.15) is 19.3 Å². The van der Waals surface area contributed by atoms with Crippen LogP contribution < -0.4 is 0 Å². The first-order valence-electron chi connectivity index (χ1n) is 6.64. The van der Waals surface area contributed by atoms with Crippen LogP contribution >= 0.6 is 0 Å². The van der Waals surface area contributed by atoms with Crippen molar-refractivity contribution in [2.45, 2.75) is 24.5 Å². The molecular weight excluding hydrogens is 286 g/mol. The summed E-state index contributed by atoms with van der Waals surface area (Å²) in [4.78, 5) is 11.2. The summed E-state index contributed by atoms with van der Waals surface area (Å²) in [5.41, 5.74) is 0. The number of sulfonamides is 1. The molecule has 1 aliphatic rings. The van der Waals surface area contributed by atoms with Gasteiger partial charge in [-0.3, -0.25) is 4.79 Å². The molecule has 118 valence electrons. The number of rotatable bonds is 8. The highest BCUT2D eigenvalue weighted by Crippen LogP contribution is 2.20. The van der Waals surface area contributed by atoms with Crippen molar-refractivity contribution in [2.24, 2.45) is 0 Å². The summed E-state index contributed by atoms with van der Waals surface area (Å²) in [7, 11) is -0.635. The van der Waals surface area contributed by atoms with Crippen LogP contribution in [-0.2, 0) is 29.0 Å². The quantitative estimate of drug-likeness (QED) is 0.587. The van der Waals surface area contributed by atoms with E-state index in [1.165, 1.54) is 18.5 Å². The van der Waals surface area contributed by atoms with Gasteiger partial charge in [-0.25, -0.2) is 8.42 Å². The van der Waals surface area contributed by atoms with Crippen LogP contribution in [-0.4, -0.2) is 71.1 Å². The number of methoxy groups -OCH3 is 2. The first-order chi connectivity index (χ1) is 9.52. The van der Waals surface area contributed by atoms with Crippen molar-refractivity contribution in [3.05, 3.63) is 0 Å². The Morgan fingerprint density at radius 3 is 2.45 bits per heavy atom. The number of hydrogen-bond acceptors (Lipinski definition) is 6. The second kappa shape index (κ2) is 8.56. The van der Waals surface area contributed by atoms with E-state index in [2.05, 4.69) is 4.74 Å². The van der Waals surface area contributed by atoms with Crippen molar-refractivity contribution in [2.75, 3.05) is 47.1 Å². The van der Waals surface area contributed by atoms with Crippen molar-refractivity contribution >= 4 is 16.0 Å². The molecule has 1 aliphatic heterocycles. The Hall–Kier alpha value is -0.700. The molecule has 0 aromatic rings. The molecule has 0 aliphatic carbocycles. The lowest BCUT2D eigenvalue weighted by Crippen LogP contribution is -2.43. The summed E-state index contributed by atoms with van der Waals surface area (Å²) >= 11 is 0. The number of hydrogen-bond donors (Lipinski definition) is 0. The van der Waals surface area contributed by atoms with Crippen molar-refractivity contribution in [3.63, 3.8) is 0 Å². The Morgan fingerprint density at radius 1 is 1.25 bits per heavy atom. The Bertz CT molecular complexity index is 391. The van der Waals surface area contributed by atoms with Crippen molar-refractivity contribution in [1.82, 2.24) is 4.31 Å². The van der Waals surface area contributed by atoms with Gasteiger partial charge in [-0.05, 0) is 12.8 Å². The highest BCUT2D eigenvalue weighted by molar-refractivity contribution is 7.89. The minimum Gasteiger partial charge on any atom is -0.469 e. The predicted octanol–water partition coefficient (Wildman–Crippen LogP) is 0.00670. The fraction of sp³-hybridized carbons (Fsp3) is 0.917. The van der Waals surface area contributed by atoms with Crippen molar-refractivity contribution in [1.29, 1.82) is 0 Å². The lowest BCUT2D eigenvalue weighted by Gasteiger charge is -2.29. The first-order valence-corrected chi connectivity index (χ1v) is 8.15. The van der Waals surface area contributed by atoms with Gasteiger partial charge in [0, 0.05) is 33.4 Å². The standard InChI is InChI=1S/C12H23NO6S/c1-17-10-7-13(6-3-12(14)18-2)20(15,16)11-4-8-19-9-5-11/h11H,3-10H2,1-2H3. The van der Waals surface area contributed by atoms with E-state index in [4.69, 9.17) is 9.47 Å². The largest absolute Gasteiger partial charge is 0.469 e. The Labute approximate surface area is 120 Å². The van der Waals surface area contributed by atoms with Crippen LogP contribution in [0.2, 0.25) is 0 Å². The molecule has 20 heavy (non-hydrogen) atoms. The van der Waals surface area contributed by atoms with Gasteiger partial charge in [0.05, 0.1) is 25.4 Å². The number of nitrogens with zero attached hydrogens (tertiary/aromatic N) is 1. The van der Waals surface area contributed by atoms with Gasteiger partial charge >= 0.3 is 5.97 Å². The molecule has 1 heterocycles. The molecule has 7 nitrogen and oxygen atoms in total. The van der Waals surface area contributed by atoms with E-state index in [1.54, 1.807) is 0 Å². The molecular formula is C12H23NO6S.